The summed E-state index contributed by atoms with van der Waals surface area (Å²) >= 11 is 0. The second-order valence-electron chi connectivity index (χ2n) is 7.64. The molecule has 0 unspecified atom stereocenters. The Morgan fingerprint density at radius 2 is 1.73 bits per heavy atom. The number of aryl methyl sites for hydroxylation is 1. The van der Waals surface area contributed by atoms with Crippen LogP contribution in [0.2, 0.25) is 0 Å². The fourth-order valence-electron chi connectivity index (χ4n) is 4.34. The van der Waals surface area contributed by atoms with Gasteiger partial charge in [-0.2, -0.15) is 4.98 Å². The lowest BCUT2D eigenvalue weighted by Gasteiger charge is -2.30. The van der Waals surface area contributed by atoms with E-state index in [-0.39, 0.29) is 11.2 Å². The molecule has 26 heavy (non-hydrogen) atoms. The van der Waals surface area contributed by atoms with Crippen LogP contribution in [-0.4, -0.2) is 44.9 Å². The zero-order chi connectivity index (χ0) is 18.3. The van der Waals surface area contributed by atoms with Crippen LogP contribution >= 0.6 is 0 Å². The monoisotopic (exact) mass is 360 g/mol. The number of aromatic nitrogens is 4. The molecule has 1 aliphatic heterocycles. The molecule has 0 atom stereocenters. The quantitative estimate of drug-likeness (QED) is 0.859. The molecular weight excluding hydrogens is 332 g/mol. The largest absolute Gasteiger partial charge is 0.340 e. The van der Waals surface area contributed by atoms with Gasteiger partial charge in [0.05, 0.1) is 0 Å². The number of nitrogens with one attached hydrogen (secondary N) is 1. The summed E-state index contributed by atoms with van der Waals surface area (Å²) in [7, 11) is 3.25. The Hall–Kier alpha value is -2.09. The number of imidazole rings is 1. The van der Waals surface area contributed by atoms with Crippen LogP contribution in [-0.2, 0) is 20.6 Å². The molecule has 3 heterocycles. The Labute approximate surface area is 152 Å². The predicted octanol–water partition coefficient (Wildman–Crippen LogP) is 0.424. The van der Waals surface area contributed by atoms with E-state index < -0.39 is 0 Å². The van der Waals surface area contributed by atoms with Crippen LogP contribution in [0.15, 0.2) is 9.59 Å². The molecule has 2 aromatic heterocycles. The summed E-state index contributed by atoms with van der Waals surface area (Å²) in [5.41, 5.74) is 0.501. The highest BCUT2D eigenvalue weighted by Crippen LogP contribution is 2.28. The molecule has 2 aliphatic rings. The van der Waals surface area contributed by atoms with E-state index >= 15 is 0 Å². The molecule has 8 heteroatoms. The van der Waals surface area contributed by atoms with Crippen molar-refractivity contribution in [2.75, 3.05) is 31.1 Å². The summed E-state index contributed by atoms with van der Waals surface area (Å²) in [6.45, 7) is 4.35. The second kappa shape index (κ2) is 6.90. The number of anilines is 1. The molecule has 2 aromatic rings. The van der Waals surface area contributed by atoms with E-state index in [9.17, 15) is 9.59 Å². The summed E-state index contributed by atoms with van der Waals surface area (Å²) in [4.78, 5) is 32.3. The van der Waals surface area contributed by atoms with Gasteiger partial charge in [-0.3, -0.25) is 13.9 Å². The van der Waals surface area contributed by atoms with Gasteiger partial charge in [0.2, 0.25) is 5.95 Å². The highest BCUT2D eigenvalue weighted by atomic mass is 16.2. The number of piperazine rings is 1. The SMILES string of the molecule is Cn1c(=O)c2c(nc(N3CCNCC3)n2CC2CCCCC2)n(C)c1=O. The number of hydrogen-bond acceptors (Lipinski definition) is 5. The van der Waals surface area contributed by atoms with Crippen molar-refractivity contribution in [2.24, 2.45) is 20.0 Å². The summed E-state index contributed by atoms with van der Waals surface area (Å²) in [6.07, 6.45) is 6.23. The van der Waals surface area contributed by atoms with Gasteiger partial charge in [-0.25, -0.2) is 4.79 Å². The minimum atomic E-state index is -0.323. The maximum absolute atomic E-state index is 12.9. The van der Waals surface area contributed by atoms with Crippen LogP contribution in [0.4, 0.5) is 5.95 Å². The standard InChI is InChI=1S/C18H28N6O2/c1-21-15-14(16(25)22(2)18(21)26)24(12-13-6-4-3-5-7-13)17(20-15)23-10-8-19-9-11-23/h13,19H,3-12H2,1-2H3. The molecule has 142 valence electrons. The van der Waals surface area contributed by atoms with E-state index in [2.05, 4.69) is 14.8 Å². The lowest BCUT2D eigenvalue weighted by molar-refractivity contribution is 0.321. The van der Waals surface area contributed by atoms with Gasteiger partial charge in [0.1, 0.15) is 0 Å². The average Bonchev–Trinajstić information content (AvgIpc) is 3.05. The smallest absolute Gasteiger partial charge is 0.332 e. The minimum Gasteiger partial charge on any atom is -0.340 e. The molecule has 0 aromatic carbocycles. The molecule has 0 bridgehead atoms. The van der Waals surface area contributed by atoms with Gasteiger partial charge in [-0.05, 0) is 18.8 Å². The average molecular weight is 360 g/mol. The highest BCUT2D eigenvalue weighted by Gasteiger charge is 2.25. The Balaban J connectivity index is 1.89. The third kappa shape index (κ3) is 2.86. The molecule has 4 rings (SSSR count). The Morgan fingerprint density at radius 3 is 2.42 bits per heavy atom. The first kappa shape index (κ1) is 17.3. The first-order valence-corrected chi connectivity index (χ1v) is 9.70. The second-order valence-corrected chi connectivity index (χ2v) is 7.64. The van der Waals surface area contributed by atoms with Crippen LogP contribution in [0.25, 0.3) is 11.2 Å². The summed E-state index contributed by atoms with van der Waals surface area (Å²) in [5.74, 6) is 1.41. The zero-order valence-electron chi connectivity index (χ0n) is 15.7. The van der Waals surface area contributed by atoms with E-state index in [0.29, 0.717) is 17.1 Å². The number of nitrogens with zero attached hydrogens (tertiary/aromatic N) is 5. The third-order valence-corrected chi connectivity index (χ3v) is 5.89. The molecular formula is C18H28N6O2. The van der Waals surface area contributed by atoms with Gasteiger partial charge in [0.25, 0.3) is 5.56 Å². The van der Waals surface area contributed by atoms with Crippen molar-refractivity contribution < 1.29 is 0 Å². The van der Waals surface area contributed by atoms with Crippen molar-refractivity contribution in [2.45, 2.75) is 38.6 Å². The first-order valence-electron chi connectivity index (χ1n) is 9.70. The van der Waals surface area contributed by atoms with Gasteiger partial charge >= 0.3 is 5.69 Å². The number of rotatable bonds is 3. The van der Waals surface area contributed by atoms with Crippen molar-refractivity contribution in [3.05, 3.63) is 20.8 Å². The van der Waals surface area contributed by atoms with Crippen LogP contribution < -0.4 is 21.5 Å². The van der Waals surface area contributed by atoms with Crippen molar-refractivity contribution in [1.29, 1.82) is 0 Å². The summed E-state index contributed by atoms with van der Waals surface area (Å²) in [5, 5.41) is 3.36. The van der Waals surface area contributed by atoms with E-state index in [0.717, 1.165) is 38.7 Å². The molecule has 1 saturated carbocycles. The molecule has 0 radical (unpaired) electrons. The summed E-state index contributed by atoms with van der Waals surface area (Å²) in [6, 6.07) is 0. The first-order chi connectivity index (χ1) is 12.6. The maximum atomic E-state index is 12.9. The lowest BCUT2D eigenvalue weighted by atomic mass is 9.89. The van der Waals surface area contributed by atoms with Crippen molar-refractivity contribution >= 4 is 17.1 Å². The molecule has 1 N–H and O–H groups in total. The normalized spacial score (nSPS) is 19.4. The lowest BCUT2D eigenvalue weighted by Crippen LogP contribution is -2.44. The maximum Gasteiger partial charge on any atom is 0.332 e. The molecule has 1 aliphatic carbocycles. The fourth-order valence-corrected chi connectivity index (χ4v) is 4.34. The van der Waals surface area contributed by atoms with Crippen LogP contribution in [0.5, 0.6) is 0 Å². The zero-order valence-corrected chi connectivity index (χ0v) is 15.7. The van der Waals surface area contributed by atoms with Gasteiger partial charge in [0.15, 0.2) is 11.2 Å². The van der Waals surface area contributed by atoms with Crippen molar-refractivity contribution in [1.82, 2.24) is 24.0 Å². The van der Waals surface area contributed by atoms with Crippen molar-refractivity contribution in [3.63, 3.8) is 0 Å². The fraction of sp³-hybridized carbons (Fsp3) is 0.722. The van der Waals surface area contributed by atoms with Crippen molar-refractivity contribution in [3.8, 4) is 0 Å². The Bertz CT molecular complexity index is 912. The third-order valence-electron chi connectivity index (χ3n) is 5.89. The summed E-state index contributed by atoms with van der Waals surface area (Å²) < 4.78 is 4.79. The van der Waals surface area contributed by atoms with Crippen LogP contribution in [0, 0.1) is 5.92 Å². The van der Waals surface area contributed by atoms with Gasteiger partial charge in [-0.15, -0.1) is 0 Å². The van der Waals surface area contributed by atoms with Gasteiger partial charge in [-0.1, -0.05) is 19.3 Å². The van der Waals surface area contributed by atoms with Crippen LogP contribution in [0.3, 0.4) is 0 Å². The molecule has 0 spiro atoms. The number of hydrogen-bond donors (Lipinski definition) is 1. The van der Waals surface area contributed by atoms with Gasteiger partial charge in [0, 0.05) is 46.8 Å². The van der Waals surface area contributed by atoms with E-state index in [1.54, 1.807) is 14.1 Å². The van der Waals surface area contributed by atoms with Crippen LogP contribution in [0.1, 0.15) is 32.1 Å². The molecule has 2 fully saturated rings. The Kier molecular flexibility index (Phi) is 4.60. The minimum absolute atomic E-state index is 0.243. The highest BCUT2D eigenvalue weighted by molar-refractivity contribution is 5.74. The molecule has 1 saturated heterocycles. The van der Waals surface area contributed by atoms with E-state index in [1.807, 2.05) is 0 Å². The topological polar surface area (TPSA) is 77.1 Å². The van der Waals surface area contributed by atoms with E-state index in [1.165, 1.54) is 41.2 Å². The van der Waals surface area contributed by atoms with E-state index in [4.69, 9.17) is 4.98 Å². The molecule has 0 amide bonds. The predicted molar refractivity (Wildman–Crippen MR) is 102 cm³/mol. The molecule has 8 nitrogen and oxygen atoms in total. The van der Waals surface area contributed by atoms with Gasteiger partial charge < -0.3 is 14.8 Å². The number of fused-ring (bicyclic) bond motifs is 1. The Morgan fingerprint density at radius 1 is 1.04 bits per heavy atom.